The van der Waals surface area contributed by atoms with Crippen molar-refractivity contribution in [1.29, 1.82) is 0 Å². The van der Waals surface area contributed by atoms with Gasteiger partial charge in [0.2, 0.25) is 5.88 Å². The molecule has 5 rings (SSSR count). The molecular weight excluding hydrogens is 472 g/mol. The third kappa shape index (κ3) is 4.90. The maximum atomic E-state index is 10.9. The molecule has 8 nitrogen and oxygen atoms in total. The van der Waals surface area contributed by atoms with Gasteiger partial charge in [-0.05, 0) is 48.6 Å². The van der Waals surface area contributed by atoms with E-state index in [1.807, 2.05) is 47.4 Å². The predicted molar refractivity (Wildman–Crippen MR) is 132 cm³/mol. The van der Waals surface area contributed by atoms with Crippen LogP contribution in [0.1, 0.15) is 10.4 Å². The number of aromatic nitrogens is 1. The van der Waals surface area contributed by atoms with Crippen molar-refractivity contribution in [2.45, 2.75) is 6.54 Å². The fourth-order valence-electron chi connectivity index (χ4n) is 4.18. The van der Waals surface area contributed by atoms with E-state index in [1.54, 1.807) is 10.8 Å². The van der Waals surface area contributed by atoms with Crippen LogP contribution in [0.5, 0.6) is 5.88 Å². The SMILES string of the molecule is O=C(O)CN1CCN(CCn2c(O)c(/C=c3/cc/c(=c4/ccc5c(c4)C=CN=5)o3)sc2=S)CC1. The van der Waals surface area contributed by atoms with E-state index in [4.69, 9.17) is 21.7 Å². The molecule has 0 radical (unpaired) electrons. The summed E-state index contributed by atoms with van der Waals surface area (Å²) in [5, 5.41) is 21.7. The number of carboxylic acid groups (broad SMARTS) is 1. The summed E-state index contributed by atoms with van der Waals surface area (Å²) in [6.07, 6.45) is 5.57. The Hall–Kier alpha value is -3.05. The minimum atomic E-state index is -0.796. The molecule has 0 spiro atoms. The van der Waals surface area contributed by atoms with Gasteiger partial charge in [-0.25, -0.2) is 0 Å². The van der Waals surface area contributed by atoms with Crippen LogP contribution in [0.2, 0.25) is 0 Å². The molecule has 1 saturated heterocycles. The largest absolute Gasteiger partial charge is 0.493 e. The third-order valence-corrected chi connectivity index (χ3v) is 7.42. The highest BCUT2D eigenvalue weighted by molar-refractivity contribution is 7.73. The second kappa shape index (κ2) is 9.67. The van der Waals surface area contributed by atoms with Gasteiger partial charge in [-0.3, -0.25) is 24.2 Å². The fourth-order valence-corrected chi connectivity index (χ4v) is 5.48. The van der Waals surface area contributed by atoms with Gasteiger partial charge in [-0.1, -0.05) is 0 Å². The highest BCUT2D eigenvalue weighted by Crippen LogP contribution is 2.26. The maximum absolute atomic E-state index is 10.9. The van der Waals surface area contributed by atoms with Gasteiger partial charge in [0.1, 0.15) is 10.8 Å². The van der Waals surface area contributed by atoms with Gasteiger partial charge < -0.3 is 14.6 Å². The topological polar surface area (TPSA) is 94.4 Å². The number of thiazole rings is 1. The van der Waals surface area contributed by atoms with Gasteiger partial charge in [0.05, 0.1) is 16.8 Å². The van der Waals surface area contributed by atoms with Crippen LogP contribution in [0, 0.1) is 14.6 Å². The number of hydrogen-bond acceptors (Lipinski definition) is 8. The molecule has 176 valence electrons. The summed E-state index contributed by atoms with van der Waals surface area (Å²) in [5.41, 5.74) is 2.46. The van der Waals surface area contributed by atoms with E-state index in [-0.39, 0.29) is 12.4 Å². The molecule has 4 heterocycles. The summed E-state index contributed by atoms with van der Waals surface area (Å²) >= 11 is 6.85. The van der Waals surface area contributed by atoms with Gasteiger partial charge in [-0.2, -0.15) is 0 Å². The zero-order valence-corrected chi connectivity index (χ0v) is 20.0. The standard InChI is InChI=1S/C24H24N4O4S2/c29-22(30)15-27-9-7-26(8-10-27)11-12-28-23(31)21(34-24(28)33)14-18-2-4-20(32-18)17-1-3-19-16(13-17)5-6-25-19/h1-6,13-14,31H,7-12,15H2,(H,29,30)/b18-14-,20-17+. The Bertz CT molecular complexity index is 1530. The predicted octanol–water partition coefficient (Wildman–Crippen LogP) is 2.00. The van der Waals surface area contributed by atoms with Crippen LogP contribution in [-0.4, -0.2) is 69.8 Å². The number of benzene rings is 1. The van der Waals surface area contributed by atoms with Crippen LogP contribution in [-0.2, 0) is 11.3 Å². The van der Waals surface area contributed by atoms with Gasteiger partial charge in [0.25, 0.3) is 0 Å². The molecule has 0 unspecified atom stereocenters. The number of carbonyl (C=O) groups is 1. The van der Waals surface area contributed by atoms with Crippen LogP contribution < -0.4 is 10.8 Å². The van der Waals surface area contributed by atoms with E-state index in [1.165, 1.54) is 11.3 Å². The zero-order valence-electron chi connectivity index (χ0n) is 18.4. The molecule has 0 aliphatic carbocycles. The minimum Gasteiger partial charge on any atom is -0.493 e. The van der Waals surface area contributed by atoms with Crippen LogP contribution in [0.15, 0.2) is 45.9 Å². The molecule has 34 heavy (non-hydrogen) atoms. The lowest BCUT2D eigenvalue weighted by molar-refractivity contribution is -0.138. The number of nitrogens with zero attached hydrogens (tertiary/aromatic N) is 4. The van der Waals surface area contributed by atoms with Crippen molar-refractivity contribution in [1.82, 2.24) is 14.4 Å². The quantitative estimate of drug-likeness (QED) is 0.504. The molecule has 0 saturated carbocycles. The van der Waals surface area contributed by atoms with Crippen LogP contribution >= 0.6 is 23.6 Å². The molecule has 0 atom stereocenters. The van der Waals surface area contributed by atoms with E-state index in [9.17, 15) is 9.90 Å². The molecule has 1 aromatic carbocycles. The molecule has 2 aliphatic rings. The first-order chi connectivity index (χ1) is 16.5. The van der Waals surface area contributed by atoms with Crippen molar-refractivity contribution in [3.63, 3.8) is 0 Å². The molecule has 2 aromatic heterocycles. The van der Waals surface area contributed by atoms with Crippen LogP contribution in [0.25, 0.3) is 12.2 Å². The van der Waals surface area contributed by atoms with Crippen molar-refractivity contribution >= 4 is 41.7 Å². The fraction of sp³-hybridized carbons (Fsp3) is 0.292. The van der Waals surface area contributed by atoms with Crippen molar-refractivity contribution in [3.8, 4) is 5.88 Å². The summed E-state index contributed by atoms with van der Waals surface area (Å²) in [4.78, 5) is 20.0. The summed E-state index contributed by atoms with van der Waals surface area (Å²) in [6, 6.07) is 9.80. The third-order valence-electron chi connectivity index (χ3n) is 6.04. The number of aromatic hydroxyl groups is 1. The first-order valence-corrected chi connectivity index (χ1v) is 12.2. The highest BCUT2D eigenvalue weighted by Gasteiger charge is 2.19. The second-order valence-electron chi connectivity index (χ2n) is 8.28. The Labute approximate surface area is 204 Å². The lowest BCUT2D eigenvalue weighted by atomic mass is 10.2. The van der Waals surface area contributed by atoms with Gasteiger partial charge in [-0.15, -0.1) is 11.3 Å². The minimum absolute atomic E-state index is 0.0806. The van der Waals surface area contributed by atoms with Gasteiger partial charge in [0, 0.05) is 62.3 Å². The molecule has 1 fully saturated rings. The summed E-state index contributed by atoms with van der Waals surface area (Å²) in [6.45, 7) is 4.44. The average Bonchev–Trinajstić information content (AvgIpc) is 3.53. The summed E-state index contributed by atoms with van der Waals surface area (Å²) < 4.78 is 8.37. The summed E-state index contributed by atoms with van der Waals surface area (Å²) in [5.74, 6) is -0.655. The smallest absolute Gasteiger partial charge is 0.317 e. The van der Waals surface area contributed by atoms with Gasteiger partial charge in [0.15, 0.2) is 3.95 Å². The molecule has 10 heteroatoms. The van der Waals surface area contributed by atoms with Crippen molar-refractivity contribution in [3.05, 3.63) is 72.3 Å². The Morgan fingerprint density at radius 2 is 1.94 bits per heavy atom. The molecular formula is C24H24N4O4S2. The van der Waals surface area contributed by atoms with Crippen molar-refractivity contribution < 1.29 is 19.4 Å². The molecule has 3 aromatic rings. The number of rotatable bonds is 6. The lowest BCUT2D eigenvalue weighted by Crippen LogP contribution is -2.48. The highest BCUT2D eigenvalue weighted by atomic mass is 32.1. The Kier molecular flexibility index (Phi) is 6.46. The number of hydrogen-bond donors (Lipinski definition) is 2. The molecule has 2 N–H and O–H groups in total. The number of carboxylic acids is 1. The van der Waals surface area contributed by atoms with Crippen LogP contribution in [0.4, 0.5) is 0 Å². The number of furan rings is 1. The van der Waals surface area contributed by atoms with E-state index in [2.05, 4.69) is 9.89 Å². The average molecular weight is 497 g/mol. The second-order valence-corrected chi connectivity index (χ2v) is 9.96. The molecule has 2 aliphatic heterocycles. The first-order valence-electron chi connectivity index (χ1n) is 11.0. The van der Waals surface area contributed by atoms with E-state index < -0.39 is 5.97 Å². The van der Waals surface area contributed by atoms with Crippen molar-refractivity contribution in [2.24, 2.45) is 4.99 Å². The lowest BCUT2D eigenvalue weighted by Gasteiger charge is -2.33. The zero-order chi connectivity index (χ0) is 23.7. The molecule has 0 amide bonds. The van der Waals surface area contributed by atoms with Gasteiger partial charge >= 0.3 is 5.97 Å². The Morgan fingerprint density at radius 1 is 1.15 bits per heavy atom. The monoisotopic (exact) mass is 496 g/mol. The maximum Gasteiger partial charge on any atom is 0.317 e. The van der Waals surface area contributed by atoms with Crippen molar-refractivity contribution in [2.75, 3.05) is 39.3 Å². The molecule has 0 bridgehead atoms. The van der Waals surface area contributed by atoms with E-state index >= 15 is 0 Å². The van der Waals surface area contributed by atoms with E-state index in [0.717, 1.165) is 54.3 Å². The van der Waals surface area contributed by atoms with Crippen LogP contribution in [0.3, 0.4) is 0 Å². The number of aliphatic carboxylic acids is 1. The number of fused-ring (bicyclic) bond motifs is 1. The van der Waals surface area contributed by atoms with E-state index in [0.29, 0.717) is 20.8 Å². The normalized spacial score (nSPS) is 17.7. The summed E-state index contributed by atoms with van der Waals surface area (Å²) in [7, 11) is 0. The first kappa shape index (κ1) is 22.7. The number of piperazine rings is 1. The Balaban J connectivity index is 1.31. The Morgan fingerprint density at radius 3 is 2.74 bits per heavy atom.